The van der Waals surface area contributed by atoms with Crippen molar-refractivity contribution in [2.24, 2.45) is 0 Å². The third kappa shape index (κ3) is 4.50. The fourth-order valence-electron chi connectivity index (χ4n) is 4.62. The van der Waals surface area contributed by atoms with Gasteiger partial charge in [0.05, 0.1) is 0 Å². The van der Waals surface area contributed by atoms with Crippen LogP contribution in [0.25, 0.3) is 0 Å². The third-order valence-electron chi connectivity index (χ3n) is 5.92. The predicted molar refractivity (Wildman–Crippen MR) is 133 cm³/mol. The van der Waals surface area contributed by atoms with Crippen LogP contribution in [0.5, 0.6) is 0 Å². The monoisotopic (exact) mass is 408 g/mol. The minimum atomic E-state index is -1.41. The quantitative estimate of drug-likeness (QED) is 0.430. The molecule has 0 radical (unpaired) electrons. The maximum Gasteiger partial charge on any atom is 0.110 e. The molecule has 0 N–H and O–H groups in total. The first-order valence-corrected chi connectivity index (χ1v) is 13.3. The Morgan fingerprint density at radius 2 is 1.17 bits per heavy atom. The maximum absolute atomic E-state index is 2.47. The molecule has 0 bridgehead atoms. The van der Waals surface area contributed by atoms with E-state index >= 15 is 0 Å². The van der Waals surface area contributed by atoms with E-state index in [1.807, 2.05) is 0 Å². The zero-order chi connectivity index (χ0) is 20.1. The topological polar surface area (TPSA) is 0 Å². The van der Waals surface area contributed by atoms with Crippen molar-refractivity contribution in [2.45, 2.75) is 18.9 Å². The molecule has 4 rings (SSSR count). The number of benzene rings is 4. The Morgan fingerprint density at radius 1 is 0.655 bits per heavy atom. The second-order valence-corrected chi connectivity index (χ2v) is 12.3. The van der Waals surface area contributed by atoms with Gasteiger partial charge in [0.1, 0.15) is 8.80 Å². The van der Waals surface area contributed by atoms with E-state index in [1.54, 1.807) is 10.8 Å². The summed E-state index contributed by atoms with van der Waals surface area (Å²) in [5, 5.41) is 4.61. The highest BCUT2D eigenvalue weighted by molar-refractivity contribution is 6.86. The molecule has 0 nitrogen and oxygen atoms in total. The first-order valence-electron chi connectivity index (χ1n) is 10.5. The van der Waals surface area contributed by atoms with Gasteiger partial charge in [-0.1, -0.05) is 132 Å². The van der Waals surface area contributed by atoms with Crippen molar-refractivity contribution in [3.8, 4) is 0 Å². The van der Waals surface area contributed by atoms with Gasteiger partial charge in [-0.2, -0.15) is 0 Å². The summed E-state index contributed by atoms with van der Waals surface area (Å²) < 4.78 is 0. The first-order chi connectivity index (χ1) is 14.2. The van der Waals surface area contributed by atoms with Crippen LogP contribution in [-0.4, -0.2) is 19.0 Å². The molecule has 0 saturated carbocycles. The van der Waals surface area contributed by atoms with E-state index in [2.05, 4.69) is 116 Å². The molecule has 0 aliphatic carbocycles. The minimum absolute atomic E-state index is 0.548. The van der Waals surface area contributed by atoms with E-state index in [0.717, 1.165) is 16.7 Å². The van der Waals surface area contributed by atoms with Crippen molar-refractivity contribution in [3.05, 3.63) is 126 Å². The highest BCUT2D eigenvalue weighted by Crippen LogP contribution is 2.23. The van der Waals surface area contributed by atoms with Crippen LogP contribution < -0.4 is 15.6 Å². The van der Waals surface area contributed by atoms with E-state index in [4.69, 9.17) is 0 Å². The van der Waals surface area contributed by atoms with E-state index in [1.165, 1.54) is 21.5 Å². The summed E-state index contributed by atoms with van der Waals surface area (Å²) >= 11 is 0. The second-order valence-electron chi connectivity index (χ2n) is 7.90. The van der Waals surface area contributed by atoms with E-state index in [0.29, 0.717) is 5.54 Å². The Labute approximate surface area is 179 Å². The molecule has 1 atom stereocenters. The zero-order valence-corrected chi connectivity index (χ0v) is 20.4. The molecule has 4 aromatic carbocycles. The van der Waals surface area contributed by atoms with E-state index < -0.39 is 8.80 Å². The van der Waals surface area contributed by atoms with Gasteiger partial charge in [0, 0.05) is 10.2 Å². The van der Waals surface area contributed by atoms with Gasteiger partial charge in [-0.3, -0.25) is 0 Å². The lowest BCUT2D eigenvalue weighted by atomic mass is 9.98. The smallest absolute Gasteiger partial charge is 0.0674 e. The summed E-state index contributed by atoms with van der Waals surface area (Å²) in [6, 6.07) is 40.2. The van der Waals surface area contributed by atoms with Gasteiger partial charge in [0.15, 0.2) is 0 Å². The van der Waals surface area contributed by atoms with Gasteiger partial charge in [0.25, 0.3) is 0 Å². The largest absolute Gasteiger partial charge is 0.110 e. The summed E-state index contributed by atoms with van der Waals surface area (Å²) in [5.41, 5.74) is 5.05. The van der Waals surface area contributed by atoms with Gasteiger partial charge in [-0.15, -0.1) is 0 Å². The highest BCUT2D eigenvalue weighted by atomic mass is 28.3. The lowest BCUT2D eigenvalue weighted by Crippen LogP contribution is -2.47. The molecule has 0 saturated heterocycles. The summed E-state index contributed by atoms with van der Waals surface area (Å²) in [5.74, 6) is 0. The van der Waals surface area contributed by atoms with Crippen molar-refractivity contribution in [1.82, 2.24) is 0 Å². The van der Waals surface area contributed by atoms with Gasteiger partial charge in [-0.05, 0) is 28.7 Å². The minimum Gasteiger partial charge on any atom is -0.0674 e. The molecule has 0 aromatic heterocycles. The average Bonchev–Trinajstić information content (AvgIpc) is 2.76. The summed E-state index contributed by atoms with van der Waals surface area (Å²) in [6.45, 7) is 2.47. The molecule has 0 amide bonds. The molecule has 0 spiro atoms. The fourth-order valence-corrected chi connectivity index (χ4v) is 9.55. The average molecular weight is 409 g/mol. The highest BCUT2D eigenvalue weighted by Gasteiger charge is 2.27. The van der Waals surface area contributed by atoms with Crippen LogP contribution in [0.3, 0.4) is 0 Å². The molecule has 29 heavy (non-hydrogen) atoms. The van der Waals surface area contributed by atoms with Gasteiger partial charge >= 0.3 is 0 Å². The molecule has 2 heteroatoms. The van der Waals surface area contributed by atoms with Crippen LogP contribution in [0.2, 0.25) is 0 Å². The van der Waals surface area contributed by atoms with Crippen LogP contribution in [0, 0.1) is 0 Å². The Kier molecular flexibility index (Phi) is 6.23. The molecule has 0 aliphatic rings. The zero-order valence-electron chi connectivity index (χ0n) is 17.3. The van der Waals surface area contributed by atoms with Crippen molar-refractivity contribution in [2.75, 3.05) is 0 Å². The Hall–Kier alpha value is -2.69. The molecule has 0 fully saturated rings. The van der Waals surface area contributed by atoms with Crippen molar-refractivity contribution in [1.29, 1.82) is 0 Å². The standard InChI is InChI=1S/C27H28Si2/c1-21(29(24-15-7-3-8-16-24)25-17-9-4-10-18-25)27-23(14-11-19-26(27)28)20-22-12-5-2-6-13-22/h2-19,21,29H,20H2,1,28H3. The van der Waals surface area contributed by atoms with Crippen molar-refractivity contribution in [3.63, 3.8) is 0 Å². The fraction of sp³-hybridized carbons (Fsp3) is 0.111. The lowest BCUT2D eigenvalue weighted by Gasteiger charge is -2.28. The van der Waals surface area contributed by atoms with E-state index in [-0.39, 0.29) is 0 Å². The third-order valence-corrected chi connectivity index (χ3v) is 10.3. The molecule has 0 aliphatic heterocycles. The Balaban J connectivity index is 1.80. The van der Waals surface area contributed by atoms with Crippen molar-refractivity contribution < 1.29 is 0 Å². The molecule has 144 valence electrons. The van der Waals surface area contributed by atoms with Gasteiger partial charge < -0.3 is 0 Å². The SMILES string of the molecule is CC(c1c([SiH3])cccc1Cc1ccccc1)[SiH](c1ccccc1)c1ccccc1. The van der Waals surface area contributed by atoms with E-state index in [9.17, 15) is 0 Å². The van der Waals surface area contributed by atoms with Crippen molar-refractivity contribution >= 4 is 34.6 Å². The first kappa shape index (κ1) is 19.6. The maximum atomic E-state index is 2.47. The lowest BCUT2D eigenvalue weighted by molar-refractivity contribution is 1.02. The molecule has 4 aromatic rings. The molecular weight excluding hydrogens is 380 g/mol. The summed E-state index contributed by atoms with van der Waals surface area (Å²) in [4.78, 5) is 0. The van der Waals surface area contributed by atoms with Crippen LogP contribution in [0.15, 0.2) is 109 Å². The normalized spacial score (nSPS) is 12.2. The number of hydrogen-bond donors (Lipinski definition) is 0. The van der Waals surface area contributed by atoms with Crippen LogP contribution in [0.1, 0.15) is 29.2 Å². The predicted octanol–water partition coefficient (Wildman–Crippen LogP) is 2.95. The molecule has 0 heterocycles. The van der Waals surface area contributed by atoms with Gasteiger partial charge in [-0.25, -0.2) is 0 Å². The number of hydrogen-bond acceptors (Lipinski definition) is 0. The number of rotatable bonds is 6. The van der Waals surface area contributed by atoms with Crippen LogP contribution in [-0.2, 0) is 6.42 Å². The van der Waals surface area contributed by atoms with Gasteiger partial charge in [0.2, 0.25) is 0 Å². The summed E-state index contributed by atoms with van der Waals surface area (Å²) in [7, 11) is -0.331. The van der Waals surface area contributed by atoms with Crippen LogP contribution in [0.4, 0.5) is 0 Å². The second kappa shape index (κ2) is 9.21. The molecule has 1 unspecified atom stereocenters. The molecular formula is C27H28Si2. The Bertz CT molecular complexity index is 1000. The van der Waals surface area contributed by atoms with Crippen LogP contribution >= 0.6 is 0 Å². The summed E-state index contributed by atoms with van der Waals surface area (Å²) in [6.07, 6.45) is 1.02. The Morgan fingerprint density at radius 3 is 1.72 bits per heavy atom.